The van der Waals surface area contributed by atoms with Crippen molar-refractivity contribution in [3.8, 4) is 6.07 Å². The van der Waals surface area contributed by atoms with Crippen LogP contribution in [0.1, 0.15) is 15.9 Å². The zero-order valence-electron chi connectivity index (χ0n) is 14.3. The summed E-state index contributed by atoms with van der Waals surface area (Å²) in [6.07, 6.45) is 1.59. The summed E-state index contributed by atoms with van der Waals surface area (Å²) >= 11 is 0. The molecule has 1 amide bonds. The van der Waals surface area contributed by atoms with Crippen LogP contribution in [-0.4, -0.2) is 42.0 Å². The lowest BCUT2D eigenvalue weighted by Gasteiger charge is -2.35. The largest absolute Gasteiger partial charge is 0.353 e. The average Bonchev–Trinajstić information content (AvgIpc) is 2.73. The number of pyridine rings is 1. The minimum absolute atomic E-state index is 0.0780. The maximum atomic E-state index is 13.0. The number of aromatic nitrogens is 1. The van der Waals surface area contributed by atoms with Gasteiger partial charge in [-0.3, -0.25) is 4.79 Å². The molecule has 1 aliphatic rings. The summed E-state index contributed by atoms with van der Waals surface area (Å²) in [5.74, 6) is 0.926. The van der Waals surface area contributed by atoms with Gasteiger partial charge in [0.1, 0.15) is 11.9 Å². The van der Waals surface area contributed by atoms with E-state index in [2.05, 4.69) is 16.0 Å². The number of hydrogen-bond acceptors (Lipinski definition) is 4. The van der Waals surface area contributed by atoms with Crippen molar-refractivity contribution in [3.63, 3.8) is 0 Å². The van der Waals surface area contributed by atoms with Crippen molar-refractivity contribution in [1.29, 1.82) is 5.26 Å². The molecule has 0 spiro atoms. The highest BCUT2D eigenvalue weighted by Gasteiger charge is 2.23. The van der Waals surface area contributed by atoms with Crippen molar-refractivity contribution in [3.05, 3.63) is 71.9 Å². The molecule has 0 bridgehead atoms. The molecule has 1 saturated heterocycles. The number of carbonyl (C=O) groups excluding carboxylic acids is 1. The molecule has 1 aromatic heterocycles. The van der Waals surface area contributed by atoms with Gasteiger partial charge in [0.25, 0.3) is 5.91 Å². The molecule has 2 aromatic carbocycles. The highest BCUT2D eigenvalue weighted by atomic mass is 16.2. The number of rotatable bonds is 2. The summed E-state index contributed by atoms with van der Waals surface area (Å²) in [5, 5.41) is 10.9. The second kappa shape index (κ2) is 6.85. The van der Waals surface area contributed by atoms with Crippen LogP contribution in [-0.2, 0) is 0 Å². The number of nitrogens with zero attached hydrogens (tertiary/aromatic N) is 4. The first-order valence-electron chi connectivity index (χ1n) is 8.64. The molecule has 5 nitrogen and oxygen atoms in total. The predicted octanol–water partition coefficient (Wildman–Crippen LogP) is 3.07. The van der Waals surface area contributed by atoms with Crippen LogP contribution < -0.4 is 4.90 Å². The molecule has 0 N–H and O–H groups in total. The first-order chi connectivity index (χ1) is 12.8. The molecule has 0 saturated carbocycles. The van der Waals surface area contributed by atoms with Crippen molar-refractivity contribution in [2.24, 2.45) is 0 Å². The number of nitriles is 1. The molecule has 0 atom stereocenters. The van der Waals surface area contributed by atoms with Crippen molar-refractivity contribution in [1.82, 2.24) is 9.88 Å². The second-order valence-electron chi connectivity index (χ2n) is 6.32. The molecule has 26 heavy (non-hydrogen) atoms. The van der Waals surface area contributed by atoms with Crippen LogP contribution in [0.5, 0.6) is 0 Å². The van der Waals surface area contributed by atoms with Crippen LogP contribution >= 0.6 is 0 Å². The van der Waals surface area contributed by atoms with Gasteiger partial charge in [-0.2, -0.15) is 5.26 Å². The second-order valence-corrected chi connectivity index (χ2v) is 6.32. The Morgan fingerprint density at radius 3 is 2.46 bits per heavy atom. The van der Waals surface area contributed by atoms with E-state index in [9.17, 15) is 4.79 Å². The van der Waals surface area contributed by atoms with Gasteiger partial charge in [0.05, 0.1) is 5.56 Å². The molecular weight excluding hydrogens is 324 g/mol. The van der Waals surface area contributed by atoms with Gasteiger partial charge < -0.3 is 9.80 Å². The summed E-state index contributed by atoms with van der Waals surface area (Å²) in [6, 6.07) is 19.6. The Kier molecular flexibility index (Phi) is 4.24. The van der Waals surface area contributed by atoms with Gasteiger partial charge in [-0.25, -0.2) is 4.98 Å². The quantitative estimate of drug-likeness (QED) is 0.718. The van der Waals surface area contributed by atoms with Crippen molar-refractivity contribution in [2.75, 3.05) is 31.1 Å². The van der Waals surface area contributed by atoms with Crippen LogP contribution in [0.3, 0.4) is 0 Å². The van der Waals surface area contributed by atoms with E-state index in [0.717, 1.165) is 35.2 Å². The van der Waals surface area contributed by atoms with E-state index in [1.54, 1.807) is 12.3 Å². The van der Waals surface area contributed by atoms with Gasteiger partial charge in [-0.1, -0.05) is 36.4 Å². The number of fused-ring (bicyclic) bond motifs is 1. The van der Waals surface area contributed by atoms with E-state index in [1.165, 1.54) is 0 Å². The molecule has 0 radical (unpaired) electrons. The molecule has 4 rings (SSSR count). The number of anilines is 1. The fourth-order valence-corrected chi connectivity index (χ4v) is 3.36. The van der Waals surface area contributed by atoms with E-state index in [4.69, 9.17) is 5.26 Å². The molecule has 5 heteroatoms. The fourth-order valence-electron chi connectivity index (χ4n) is 3.36. The summed E-state index contributed by atoms with van der Waals surface area (Å²) in [5.41, 5.74) is 1.31. The van der Waals surface area contributed by atoms with Gasteiger partial charge in [-0.05, 0) is 29.0 Å². The summed E-state index contributed by atoms with van der Waals surface area (Å²) in [6.45, 7) is 2.78. The summed E-state index contributed by atoms with van der Waals surface area (Å²) < 4.78 is 0. The van der Waals surface area contributed by atoms with Crippen molar-refractivity contribution in [2.45, 2.75) is 0 Å². The third-order valence-electron chi connectivity index (χ3n) is 4.79. The number of amides is 1. The van der Waals surface area contributed by atoms with Gasteiger partial charge in [0.2, 0.25) is 0 Å². The van der Waals surface area contributed by atoms with Gasteiger partial charge in [0, 0.05) is 37.9 Å². The number of hydrogen-bond donors (Lipinski definition) is 0. The topological polar surface area (TPSA) is 60.2 Å². The Hall–Kier alpha value is -3.39. The molecular formula is C21H18N4O. The molecule has 3 aromatic rings. The number of carbonyl (C=O) groups is 1. The van der Waals surface area contributed by atoms with Crippen LogP contribution in [0.15, 0.2) is 60.8 Å². The van der Waals surface area contributed by atoms with Gasteiger partial charge >= 0.3 is 0 Å². The lowest BCUT2D eigenvalue weighted by molar-refractivity contribution is 0.0748. The molecule has 128 valence electrons. The number of piperazine rings is 1. The van der Waals surface area contributed by atoms with Crippen LogP contribution in [0, 0.1) is 11.3 Å². The lowest BCUT2D eigenvalue weighted by Crippen LogP contribution is -2.49. The molecule has 2 heterocycles. The third-order valence-corrected chi connectivity index (χ3v) is 4.79. The van der Waals surface area contributed by atoms with E-state index < -0.39 is 0 Å². The Bertz CT molecular complexity index is 978. The zero-order valence-corrected chi connectivity index (χ0v) is 14.3. The lowest BCUT2D eigenvalue weighted by atomic mass is 10.0. The van der Waals surface area contributed by atoms with E-state index >= 15 is 0 Å². The molecule has 1 fully saturated rings. The zero-order chi connectivity index (χ0) is 17.9. The maximum absolute atomic E-state index is 13.0. The third kappa shape index (κ3) is 2.98. The normalized spacial score (nSPS) is 14.3. The average molecular weight is 342 g/mol. The maximum Gasteiger partial charge on any atom is 0.254 e. The minimum atomic E-state index is 0.0780. The first kappa shape index (κ1) is 16.1. The van der Waals surface area contributed by atoms with E-state index in [-0.39, 0.29) is 5.91 Å². The highest BCUT2D eigenvalue weighted by molar-refractivity contribution is 6.07. The SMILES string of the molecule is N#Cc1ccc(N2CCN(C(=O)c3cccc4ccccc34)CC2)nc1. The van der Waals surface area contributed by atoms with Crippen molar-refractivity contribution < 1.29 is 4.79 Å². The smallest absolute Gasteiger partial charge is 0.254 e. The van der Waals surface area contributed by atoms with E-state index in [0.29, 0.717) is 18.7 Å². The van der Waals surface area contributed by atoms with Crippen LogP contribution in [0.2, 0.25) is 0 Å². The van der Waals surface area contributed by atoms with Gasteiger partial charge in [-0.15, -0.1) is 0 Å². The Morgan fingerprint density at radius 1 is 0.962 bits per heavy atom. The molecule has 0 unspecified atom stereocenters. The highest BCUT2D eigenvalue weighted by Crippen LogP contribution is 2.21. The molecule has 0 aliphatic carbocycles. The summed E-state index contributed by atoms with van der Waals surface area (Å²) in [4.78, 5) is 21.4. The van der Waals surface area contributed by atoms with Crippen LogP contribution in [0.25, 0.3) is 10.8 Å². The summed E-state index contributed by atoms with van der Waals surface area (Å²) in [7, 11) is 0. The first-order valence-corrected chi connectivity index (χ1v) is 8.64. The van der Waals surface area contributed by atoms with Gasteiger partial charge in [0.15, 0.2) is 0 Å². The van der Waals surface area contributed by atoms with Crippen molar-refractivity contribution >= 4 is 22.5 Å². The fraction of sp³-hybridized carbons (Fsp3) is 0.190. The monoisotopic (exact) mass is 342 g/mol. The Labute approximate surface area is 152 Å². The Balaban J connectivity index is 1.49. The van der Waals surface area contributed by atoms with E-state index in [1.807, 2.05) is 53.4 Å². The van der Waals surface area contributed by atoms with Crippen LogP contribution in [0.4, 0.5) is 5.82 Å². The Morgan fingerprint density at radius 2 is 1.73 bits per heavy atom. The molecule has 1 aliphatic heterocycles. The minimum Gasteiger partial charge on any atom is -0.353 e. The standard InChI is InChI=1S/C21H18N4O/c22-14-16-8-9-20(23-15-16)24-10-12-25(13-11-24)21(26)19-7-3-5-17-4-1-2-6-18(17)19/h1-9,15H,10-13H2. The predicted molar refractivity (Wildman–Crippen MR) is 101 cm³/mol. The number of benzene rings is 2.